The van der Waals surface area contributed by atoms with Crippen LogP contribution < -0.4 is 0 Å². The lowest BCUT2D eigenvalue weighted by molar-refractivity contribution is 0.672. The van der Waals surface area contributed by atoms with Crippen LogP contribution in [0.2, 0.25) is 0 Å². The molecule has 130 valence electrons. The normalized spacial score (nSPS) is 12.9. The zero-order valence-corrected chi connectivity index (χ0v) is 15.2. The second kappa shape index (κ2) is 5.02. The lowest BCUT2D eigenvalue weighted by atomic mass is 9.95. The third-order valence-electron chi connectivity index (χ3n) is 6.26. The molecule has 0 N–H and O–H groups in total. The first-order valence-corrected chi connectivity index (χ1v) is 9.75. The Kier molecular flexibility index (Phi) is 2.60. The van der Waals surface area contributed by atoms with Gasteiger partial charge >= 0.3 is 0 Å². The van der Waals surface area contributed by atoms with Crippen molar-refractivity contribution in [3.05, 3.63) is 96.1 Å². The van der Waals surface area contributed by atoms with Gasteiger partial charge in [-0.1, -0.05) is 72.8 Å². The summed E-state index contributed by atoms with van der Waals surface area (Å²) >= 11 is 0. The predicted molar refractivity (Wildman–Crippen MR) is 117 cm³/mol. The lowest BCUT2D eigenvalue weighted by Crippen LogP contribution is -1.81. The van der Waals surface area contributed by atoms with E-state index in [9.17, 15) is 0 Å². The van der Waals surface area contributed by atoms with Crippen LogP contribution in [-0.4, -0.2) is 0 Å². The van der Waals surface area contributed by atoms with Gasteiger partial charge in [-0.15, -0.1) is 0 Å². The minimum absolute atomic E-state index is 0.986. The van der Waals surface area contributed by atoms with E-state index in [1.54, 1.807) is 0 Å². The Morgan fingerprint density at radius 3 is 2.07 bits per heavy atom. The van der Waals surface area contributed by atoms with E-state index in [0.29, 0.717) is 0 Å². The minimum Gasteiger partial charge on any atom is -0.455 e. The van der Waals surface area contributed by atoms with Crippen molar-refractivity contribution < 1.29 is 4.42 Å². The number of hydrogen-bond acceptors (Lipinski definition) is 1. The van der Waals surface area contributed by atoms with Gasteiger partial charge in [0.2, 0.25) is 0 Å². The second-order valence-electron chi connectivity index (χ2n) is 7.74. The summed E-state index contributed by atoms with van der Waals surface area (Å²) in [6.45, 7) is 0. The van der Waals surface area contributed by atoms with Crippen LogP contribution in [0.25, 0.3) is 54.6 Å². The molecule has 0 spiro atoms. The number of furan rings is 1. The molecule has 0 saturated carbocycles. The van der Waals surface area contributed by atoms with Crippen molar-refractivity contribution in [2.45, 2.75) is 6.42 Å². The molecule has 1 aromatic heterocycles. The van der Waals surface area contributed by atoms with Gasteiger partial charge in [0.15, 0.2) is 0 Å². The van der Waals surface area contributed by atoms with Crippen molar-refractivity contribution >= 4 is 43.5 Å². The van der Waals surface area contributed by atoms with E-state index < -0.39 is 0 Å². The summed E-state index contributed by atoms with van der Waals surface area (Å²) in [6, 6.07) is 30.6. The maximum atomic E-state index is 6.50. The molecule has 0 radical (unpaired) electrons. The summed E-state index contributed by atoms with van der Waals surface area (Å²) < 4.78 is 6.50. The minimum atomic E-state index is 0.986. The summed E-state index contributed by atoms with van der Waals surface area (Å²) in [5.41, 5.74) is 7.47. The van der Waals surface area contributed by atoms with Crippen LogP contribution in [-0.2, 0) is 6.42 Å². The summed E-state index contributed by atoms with van der Waals surface area (Å²) in [5, 5.41) is 7.44. The molecule has 0 atom stereocenters. The van der Waals surface area contributed by atoms with Crippen LogP contribution in [0.4, 0.5) is 0 Å². The van der Waals surface area contributed by atoms with Gasteiger partial charge in [-0.3, -0.25) is 0 Å². The SMILES string of the molecule is c1ccc2c(c1)Cc1cc3oc4c5ccccc5c5ccccc5c4c3cc1-2. The fourth-order valence-electron chi connectivity index (χ4n) is 5.03. The fourth-order valence-corrected chi connectivity index (χ4v) is 5.03. The number of benzene rings is 5. The van der Waals surface area contributed by atoms with Gasteiger partial charge in [-0.2, -0.15) is 0 Å². The molecule has 1 heterocycles. The third kappa shape index (κ3) is 1.72. The zero-order valence-electron chi connectivity index (χ0n) is 15.2. The van der Waals surface area contributed by atoms with E-state index in [4.69, 9.17) is 4.42 Å². The van der Waals surface area contributed by atoms with E-state index >= 15 is 0 Å². The first-order chi connectivity index (χ1) is 13.9. The Morgan fingerprint density at radius 1 is 0.536 bits per heavy atom. The Balaban J connectivity index is 1.72. The molecule has 0 aliphatic heterocycles. The molecule has 7 rings (SSSR count). The molecule has 0 amide bonds. The molecule has 0 saturated heterocycles. The number of fused-ring (bicyclic) bond motifs is 11. The largest absolute Gasteiger partial charge is 0.455 e. The molecule has 5 aromatic carbocycles. The Morgan fingerprint density at radius 2 is 1.21 bits per heavy atom. The van der Waals surface area contributed by atoms with E-state index in [1.165, 1.54) is 54.6 Å². The monoisotopic (exact) mass is 356 g/mol. The molecule has 0 unspecified atom stereocenters. The topological polar surface area (TPSA) is 13.1 Å². The van der Waals surface area contributed by atoms with Crippen LogP contribution >= 0.6 is 0 Å². The Bertz CT molecular complexity index is 1580. The van der Waals surface area contributed by atoms with E-state index in [2.05, 4.69) is 84.9 Å². The molecule has 0 bridgehead atoms. The highest BCUT2D eigenvalue weighted by Crippen LogP contribution is 2.45. The summed E-state index contributed by atoms with van der Waals surface area (Å²) in [5.74, 6) is 0. The molecule has 1 heteroatoms. The van der Waals surface area contributed by atoms with Crippen molar-refractivity contribution in [2.24, 2.45) is 0 Å². The lowest BCUT2D eigenvalue weighted by Gasteiger charge is -2.06. The van der Waals surface area contributed by atoms with Crippen molar-refractivity contribution in [3.8, 4) is 11.1 Å². The fraction of sp³-hybridized carbons (Fsp3) is 0.0370. The van der Waals surface area contributed by atoms with E-state index in [0.717, 1.165) is 17.6 Å². The first kappa shape index (κ1) is 14.5. The Hall–Kier alpha value is -3.58. The number of rotatable bonds is 0. The van der Waals surface area contributed by atoms with Crippen molar-refractivity contribution in [1.29, 1.82) is 0 Å². The van der Waals surface area contributed by atoms with Crippen molar-refractivity contribution in [2.75, 3.05) is 0 Å². The highest BCUT2D eigenvalue weighted by Gasteiger charge is 2.22. The number of hydrogen-bond donors (Lipinski definition) is 0. The van der Waals surface area contributed by atoms with E-state index in [-0.39, 0.29) is 0 Å². The van der Waals surface area contributed by atoms with Crippen LogP contribution in [0.1, 0.15) is 11.1 Å². The zero-order chi connectivity index (χ0) is 18.2. The summed E-state index contributed by atoms with van der Waals surface area (Å²) in [7, 11) is 0. The van der Waals surface area contributed by atoms with Gasteiger partial charge in [-0.05, 0) is 57.0 Å². The van der Waals surface area contributed by atoms with Gasteiger partial charge in [0.05, 0.1) is 0 Å². The average Bonchev–Trinajstić information content (AvgIpc) is 3.30. The molecule has 1 aliphatic carbocycles. The Labute approximate surface area is 161 Å². The molecule has 1 aliphatic rings. The predicted octanol–water partition coefficient (Wildman–Crippen LogP) is 7.46. The van der Waals surface area contributed by atoms with Crippen molar-refractivity contribution in [3.63, 3.8) is 0 Å². The van der Waals surface area contributed by atoms with Gasteiger partial charge in [0, 0.05) is 16.2 Å². The molecule has 28 heavy (non-hydrogen) atoms. The third-order valence-corrected chi connectivity index (χ3v) is 6.26. The van der Waals surface area contributed by atoms with Crippen LogP contribution in [0.3, 0.4) is 0 Å². The van der Waals surface area contributed by atoms with Crippen LogP contribution in [0, 0.1) is 0 Å². The molecular formula is C27H16O. The first-order valence-electron chi connectivity index (χ1n) is 9.75. The van der Waals surface area contributed by atoms with E-state index in [1.807, 2.05) is 0 Å². The van der Waals surface area contributed by atoms with Gasteiger partial charge in [0.25, 0.3) is 0 Å². The maximum Gasteiger partial charge on any atom is 0.143 e. The second-order valence-corrected chi connectivity index (χ2v) is 7.74. The molecule has 0 fully saturated rings. The summed E-state index contributed by atoms with van der Waals surface area (Å²) in [4.78, 5) is 0. The van der Waals surface area contributed by atoms with Crippen LogP contribution in [0.15, 0.2) is 89.3 Å². The summed E-state index contributed by atoms with van der Waals surface area (Å²) in [6.07, 6.45) is 0.986. The average molecular weight is 356 g/mol. The molecule has 6 aromatic rings. The smallest absolute Gasteiger partial charge is 0.143 e. The highest BCUT2D eigenvalue weighted by molar-refractivity contribution is 6.30. The van der Waals surface area contributed by atoms with Gasteiger partial charge in [0.1, 0.15) is 11.2 Å². The highest BCUT2D eigenvalue weighted by atomic mass is 16.3. The molecular weight excluding hydrogens is 340 g/mol. The van der Waals surface area contributed by atoms with Crippen LogP contribution in [0.5, 0.6) is 0 Å². The quantitative estimate of drug-likeness (QED) is 0.257. The standard InChI is InChI=1S/C27H16O/c1-2-8-18-16(7-1)13-17-14-25-24(15-23(17)18)26-21-11-5-3-9-19(21)20-10-4-6-12-22(20)27(26)28-25/h1-12,14-15H,13H2. The van der Waals surface area contributed by atoms with Gasteiger partial charge < -0.3 is 4.42 Å². The van der Waals surface area contributed by atoms with Gasteiger partial charge in [-0.25, -0.2) is 0 Å². The van der Waals surface area contributed by atoms with Crippen molar-refractivity contribution in [1.82, 2.24) is 0 Å². The molecule has 1 nitrogen and oxygen atoms in total. The maximum absolute atomic E-state index is 6.50.